The van der Waals surface area contributed by atoms with Gasteiger partial charge >= 0.3 is 0 Å². The molecule has 0 radical (unpaired) electrons. The Balaban J connectivity index is 1.66. The van der Waals surface area contributed by atoms with Crippen LogP contribution in [0.4, 0.5) is 4.39 Å². The number of amides is 2. The minimum Gasteiger partial charge on any atom is -0.352 e. The second-order valence-electron chi connectivity index (χ2n) is 9.47. The summed E-state index contributed by atoms with van der Waals surface area (Å²) in [6.07, 6.45) is 4.44. The van der Waals surface area contributed by atoms with Crippen molar-refractivity contribution in [1.29, 1.82) is 0 Å². The van der Waals surface area contributed by atoms with E-state index in [0.29, 0.717) is 12.0 Å². The van der Waals surface area contributed by atoms with E-state index in [1.165, 1.54) is 6.07 Å². The van der Waals surface area contributed by atoms with Crippen molar-refractivity contribution < 1.29 is 14.0 Å². The summed E-state index contributed by atoms with van der Waals surface area (Å²) in [5, 5.41) is 3.20. The number of carbonyl (C=O) groups is 2. The van der Waals surface area contributed by atoms with Crippen LogP contribution in [0.5, 0.6) is 0 Å². The lowest BCUT2D eigenvalue weighted by Gasteiger charge is -2.32. The van der Waals surface area contributed by atoms with Crippen molar-refractivity contribution >= 4 is 11.8 Å². The van der Waals surface area contributed by atoms with E-state index in [0.717, 1.165) is 42.4 Å². The number of nitrogens with zero attached hydrogens (tertiary/aromatic N) is 1. The number of hydrogen-bond acceptors (Lipinski definition) is 2. The zero-order valence-electron chi connectivity index (χ0n) is 20.3. The van der Waals surface area contributed by atoms with Gasteiger partial charge in [0.25, 0.3) is 0 Å². The molecule has 3 aromatic carbocycles. The van der Waals surface area contributed by atoms with Crippen molar-refractivity contribution in [2.24, 2.45) is 0 Å². The molecule has 1 N–H and O–H groups in total. The summed E-state index contributed by atoms with van der Waals surface area (Å²) in [5.41, 5.74) is 3.37. The van der Waals surface area contributed by atoms with Gasteiger partial charge in [-0.1, -0.05) is 91.2 Å². The van der Waals surface area contributed by atoms with Gasteiger partial charge in [-0.25, -0.2) is 4.39 Å². The average Bonchev–Trinajstić information content (AvgIpc) is 3.37. The lowest BCUT2D eigenvalue weighted by Crippen LogP contribution is -2.52. The molecule has 0 saturated heterocycles. The minimum absolute atomic E-state index is 0.0967. The van der Waals surface area contributed by atoms with Crippen molar-refractivity contribution in [1.82, 2.24) is 10.2 Å². The highest BCUT2D eigenvalue weighted by Gasteiger charge is 2.32. The highest BCUT2D eigenvalue weighted by Crippen LogP contribution is 2.21. The minimum atomic E-state index is -0.696. The van der Waals surface area contributed by atoms with Crippen molar-refractivity contribution in [3.8, 4) is 0 Å². The van der Waals surface area contributed by atoms with Gasteiger partial charge in [0.2, 0.25) is 11.8 Å². The maximum absolute atomic E-state index is 14.4. The molecule has 1 aliphatic rings. The Hall–Kier alpha value is -3.47. The van der Waals surface area contributed by atoms with E-state index in [1.807, 2.05) is 61.5 Å². The molecule has 5 heteroatoms. The monoisotopic (exact) mass is 472 g/mol. The van der Waals surface area contributed by atoms with Crippen molar-refractivity contribution in [2.45, 2.75) is 64.1 Å². The number of nitrogens with one attached hydrogen (secondary N) is 1. The van der Waals surface area contributed by atoms with Gasteiger partial charge in [-0.15, -0.1) is 0 Å². The zero-order valence-corrected chi connectivity index (χ0v) is 20.3. The first-order valence-corrected chi connectivity index (χ1v) is 12.4. The summed E-state index contributed by atoms with van der Waals surface area (Å²) in [6, 6.07) is 23.5. The summed E-state index contributed by atoms with van der Waals surface area (Å²) >= 11 is 0. The second kappa shape index (κ2) is 11.8. The fourth-order valence-electron chi connectivity index (χ4n) is 4.72. The van der Waals surface area contributed by atoms with E-state index >= 15 is 0 Å². The van der Waals surface area contributed by atoms with Gasteiger partial charge in [0.1, 0.15) is 11.9 Å². The molecule has 0 bridgehead atoms. The van der Waals surface area contributed by atoms with Gasteiger partial charge in [-0.05, 0) is 42.5 Å². The van der Waals surface area contributed by atoms with Gasteiger partial charge in [0, 0.05) is 19.0 Å². The molecule has 1 saturated carbocycles. The summed E-state index contributed by atoms with van der Waals surface area (Å²) in [4.78, 5) is 29.0. The van der Waals surface area contributed by atoms with Crippen LogP contribution < -0.4 is 5.32 Å². The third kappa shape index (κ3) is 6.78. The first-order chi connectivity index (χ1) is 17.0. The lowest BCUT2D eigenvalue weighted by atomic mass is 10.0. The molecule has 1 unspecified atom stereocenters. The Kier molecular flexibility index (Phi) is 8.30. The van der Waals surface area contributed by atoms with Crippen LogP contribution in [-0.2, 0) is 29.0 Å². The van der Waals surface area contributed by atoms with E-state index in [2.05, 4.69) is 5.32 Å². The van der Waals surface area contributed by atoms with Crippen LogP contribution in [0.1, 0.15) is 47.9 Å². The number of benzene rings is 3. The molecule has 4 rings (SSSR count). The van der Waals surface area contributed by atoms with Gasteiger partial charge < -0.3 is 10.2 Å². The average molecular weight is 473 g/mol. The number of halogens is 1. The predicted octanol–water partition coefficient (Wildman–Crippen LogP) is 5.38. The maximum atomic E-state index is 14.4. The van der Waals surface area contributed by atoms with E-state index in [9.17, 15) is 14.0 Å². The molecule has 4 nitrogen and oxygen atoms in total. The smallest absolute Gasteiger partial charge is 0.243 e. The lowest BCUT2D eigenvalue weighted by molar-refractivity contribution is -0.141. The Morgan fingerprint density at radius 3 is 2.26 bits per heavy atom. The van der Waals surface area contributed by atoms with Gasteiger partial charge in [0.15, 0.2) is 0 Å². The quantitative estimate of drug-likeness (QED) is 0.455. The Bertz CT molecular complexity index is 1120. The molecular weight excluding hydrogens is 439 g/mol. The van der Waals surface area contributed by atoms with Crippen LogP contribution in [0.25, 0.3) is 0 Å². The predicted molar refractivity (Wildman–Crippen MR) is 136 cm³/mol. The van der Waals surface area contributed by atoms with Crippen molar-refractivity contribution in [3.63, 3.8) is 0 Å². The van der Waals surface area contributed by atoms with Crippen LogP contribution in [0.15, 0.2) is 78.9 Å². The molecule has 3 aromatic rings. The Morgan fingerprint density at radius 2 is 1.57 bits per heavy atom. The van der Waals surface area contributed by atoms with Crippen LogP contribution in [0, 0.1) is 12.7 Å². The molecule has 1 fully saturated rings. The molecule has 1 atom stereocenters. The van der Waals surface area contributed by atoms with E-state index < -0.39 is 11.9 Å². The van der Waals surface area contributed by atoms with Crippen LogP contribution in [0.3, 0.4) is 0 Å². The summed E-state index contributed by atoms with van der Waals surface area (Å²) in [5.74, 6) is -0.820. The van der Waals surface area contributed by atoms with Crippen molar-refractivity contribution in [2.75, 3.05) is 0 Å². The van der Waals surface area contributed by atoms with Gasteiger partial charge in [0.05, 0.1) is 6.42 Å². The normalized spacial score (nSPS) is 14.5. The van der Waals surface area contributed by atoms with E-state index in [1.54, 1.807) is 23.1 Å². The SMILES string of the molecule is Cc1ccc(CN(C(=O)Cc2ccccc2F)C(Cc2ccccc2)C(=O)NC2CCCC2)cc1. The van der Waals surface area contributed by atoms with E-state index in [-0.39, 0.29) is 30.8 Å². The molecule has 0 aromatic heterocycles. The standard InChI is InChI=1S/C30H33FN2O2/c1-22-15-17-24(18-16-22)21-33(29(34)20-25-11-5-8-14-27(25)31)28(19-23-9-3-2-4-10-23)30(35)32-26-12-6-7-13-26/h2-5,8-11,14-18,26,28H,6-7,12-13,19-21H2,1H3,(H,32,35). The highest BCUT2D eigenvalue weighted by atomic mass is 19.1. The largest absolute Gasteiger partial charge is 0.352 e. The second-order valence-corrected chi connectivity index (χ2v) is 9.47. The summed E-state index contributed by atoms with van der Waals surface area (Å²) in [6.45, 7) is 2.29. The fourth-order valence-corrected chi connectivity index (χ4v) is 4.72. The van der Waals surface area contributed by atoms with Crippen LogP contribution in [0.2, 0.25) is 0 Å². The Labute approximate surface area is 207 Å². The number of carbonyl (C=O) groups excluding carboxylic acids is 2. The molecule has 1 aliphatic carbocycles. The molecular formula is C30H33FN2O2. The van der Waals surface area contributed by atoms with Gasteiger partial charge in [-0.2, -0.15) is 0 Å². The molecule has 0 spiro atoms. The topological polar surface area (TPSA) is 49.4 Å². The van der Waals surface area contributed by atoms with Gasteiger partial charge in [-0.3, -0.25) is 9.59 Å². The zero-order chi connectivity index (χ0) is 24.6. The molecule has 0 aliphatic heterocycles. The maximum Gasteiger partial charge on any atom is 0.243 e. The number of aryl methyl sites for hydroxylation is 1. The Morgan fingerprint density at radius 1 is 0.914 bits per heavy atom. The van der Waals surface area contributed by atoms with Crippen LogP contribution >= 0.6 is 0 Å². The molecule has 0 heterocycles. The first kappa shape index (κ1) is 24.6. The molecule has 35 heavy (non-hydrogen) atoms. The fraction of sp³-hybridized carbons (Fsp3) is 0.333. The van der Waals surface area contributed by atoms with E-state index in [4.69, 9.17) is 0 Å². The summed E-state index contributed by atoms with van der Waals surface area (Å²) in [7, 11) is 0. The third-order valence-electron chi connectivity index (χ3n) is 6.75. The van der Waals surface area contributed by atoms with Crippen molar-refractivity contribution in [3.05, 3.63) is 107 Å². The molecule has 2 amide bonds. The van der Waals surface area contributed by atoms with Crippen LogP contribution in [-0.4, -0.2) is 28.8 Å². The number of rotatable bonds is 9. The highest BCUT2D eigenvalue weighted by molar-refractivity contribution is 5.89. The number of hydrogen-bond donors (Lipinski definition) is 1. The molecule has 182 valence electrons. The summed E-state index contributed by atoms with van der Waals surface area (Å²) < 4.78 is 14.4. The first-order valence-electron chi connectivity index (χ1n) is 12.4. The third-order valence-corrected chi connectivity index (χ3v) is 6.75.